The van der Waals surface area contributed by atoms with Crippen molar-refractivity contribution in [3.8, 4) is 23.1 Å². The summed E-state index contributed by atoms with van der Waals surface area (Å²) in [7, 11) is 5.00. The highest BCUT2D eigenvalue weighted by atomic mass is 16.5. The fraction of sp³-hybridized carbons (Fsp3) is 0.286. The molecule has 0 atom stereocenters. The molecule has 1 aromatic heterocycles. The van der Waals surface area contributed by atoms with Crippen LogP contribution in [0, 0.1) is 6.92 Å². The van der Waals surface area contributed by atoms with Crippen LogP contribution in [-0.4, -0.2) is 60.1 Å². The predicted molar refractivity (Wildman–Crippen MR) is 112 cm³/mol. The summed E-state index contributed by atoms with van der Waals surface area (Å²) >= 11 is 0. The van der Waals surface area contributed by atoms with E-state index in [-0.39, 0.29) is 12.0 Å². The number of carbonyl (C=O) groups is 1. The second kappa shape index (κ2) is 9.20. The van der Waals surface area contributed by atoms with Gasteiger partial charge in [0.25, 0.3) is 0 Å². The number of ether oxygens (including phenoxy) is 2. The van der Waals surface area contributed by atoms with Crippen LogP contribution in [-0.2, 0) is 4.74 Å². The number of benzene rings is 2. The van der Waals surface area contributed by atoms with Crippen LogP contribution in [0.25, 0.3) is 17.1 Å². The Balaban J connectivity index is 1.91. The van der Waals surface area contributed by atoms with Gasteiger partial charge >= 0.3 is 12.0 Å². The normalized spacial score (nSPS) is 10.6. The number of hydrogen-bond acceptors (Lipinski definition) is 5. The number of carbonyl (C=O) groups excluding carboxylic acids is 1. The van der Waals surface area contributed by atoms with E-state index >= 15 is 0 Å². The molecule has 3 rings (SSSR count). The summed E-state index contributed by atoms with van der Waals surface area (Å²) in [6.07, 6.45) is 0. The molecule has 0 aliphatic carbocycles. The summed E-state index contributed by atoms with van der Waals surface area (Å²) in [4.78, 5) is 17.8. The lowest BCUT2D eigenvalue weighted by atomic mass is 10.1. The van der Waals surface area contributed by atoms with Gasteiger partial charge in [0.2, 0.25) is 0 Å². The predicted octanol–water partition coefficient (Wildman–Crippen LogP) is 3.36. The molecule has 152 valence electrons. The summed E-state index contributed by atoms with van der Waals surface area (Å²) in [5.41, 5.74) is 3.59. The maximum Gasteiger partial charge on any atom is 0.336 e. The number of nitrogens with one attached hydrogen (secondary N) is 1. The van der Waals surface area contributed by atoms with E-state index in [1.165, 1.54) is 4.90 Å². The Morgan fingerprint density at radius 3 is 2.38 bits per heavy atom. The molecule has 2 aromatic carbocycles. The van der Waals surface area contributed by atoms with Crippen LogP contribution in [0.15, 0.2) is 48.5 Å². The van der Waals surface area contributed by atoms with Crippen LogP contribution in [0.5, 0.6) is 6.01 Å². The highest BCUT2D eigenvalue weighted by Gasteiger charge is 2.15. The molecule has 0 saturated heterocycles. The lowest BCUT2D eigenvalue weighted by Crippen LogP contribution is -2.27. The Bertz CT molecular complexity index is 949. The van der Waals surface area contributed by atoms with Gasteiger partial charge in [0.15, 0.2) is 5.82 Å². The first-order chi connectivity index (χ1) is 14.0. The van der Waals surface area contributed by atoms with Crippen molar-refractivity contribution in [2.24, 2.45) is 0 Å². The first-order valence-corrected chi connectivity index (χ1v) is 9.22. The Kier molecular flexibility index (Phi) is 6.46. The van der Waals surface area contributed by atoms with E-state index in [0.717, 1.165) is 16.8 Å². The van der Waals surface area contributed by atoms with Crippen LogP contribution < -0.4 is 10.1 Å². The number of anilines is 1. The molecule has 0 radical (unpaired) electrons. The van der Waals surface area contributed by atoms with Gasteiger partial charge in [-0.3, -0.25) is 0 Å². The van der Waals surface area contributed by atoms with Crippen molar-refractivity contribution in [2.45, 2.75) is 6.92 Å². The minimum Gasteiger partial charge on any atom is -0.460 e. The van der Waals surface area contributed by atoms with Crippen LogP contribution in [0.1, 0.15) is 5.56 Å². The van der Waals surface area contributed by atoms with E-state index in [4.69, 9.17) is 9.47 Å². The third-order valence-corrected chi connectivity index (χ3v) is 4.19. The second-order valence-electron chi connectivity index (χ2n) is 6.71. The van der Waals surface area contributed by atoms with Crippen molar-refractivity contribution >= 4 is 11.7 Å². The first kappa shape index (κ1) is 20.3. The standard InChI is InChI=1S/C21H25N5O3/c1-15-5-7-16(8-6-15)19-23-20(29-14-13-28-4)24-26(19)18-11-9-17(10-12-18)22-21(27)25(2)3/h5-12H,13-14H2,1-4H3,(H,22,27). The lowest BCUT2D eigenvalue weighted by Gasteiger charge is -2.12. The molecule has 1 N–H and O–H groups in total. The largest absolute Gasteiger partial charge is 0.460 e. The quantitative estimate of drug-likeness (QED) is 0.621. The zero-order valence-corrected chi connectivity index (χ0v) is 17.0. The van der Waals surface area contributed by atoms with Gasteiger partial charge in [-0.2, -0.15) is 4.98 Å². The van der Waals surface area contributed by atoms with Gasteiger partial charge in [0, 0.05) is 32.5 Å². The van der Waals surface area contributed by atoms with E-state index in [1.807, 2.05) is 55.5 Å². The van der Waals surface area contributed by atoms with Gasteiger partial charge in [-0.1, -0.05) is 29.8 Å². The van der Waals surface area contributed by atoms with Crippen molar-refractivity contribution in [2.75, 3.05) is 39.7 Å². The summed E-state index contributed by atoms with van der Waals surface area (Å²) in [5, 5.41) is 7.32. The average Bonchev–Trinajstić information content (AvgIpc) is 3.13. The highest BCUT2D eigenvalue weighted by Crippen LogP contribution is 2.25. The van der Waals surface area contributed by atoms with Crippen LogP contribution in [0.2, 0.25) is 0 Å². The number of rotatable bonds is 7. The molecule has 0 aliphatic rings. The molecule has 0 spiro atoms. The zero-order chi connectivity index (χ0) is 20.8. The van der Waals surface area contributed by atoms with Crippen LogP contribution in [0.4, 0.5) is 10.5 Å². The molecule has 0 bridgehead atoms. The molecule has 8 nitrogen and oxygen atoms in total. The maximum atomic E-state index is 11.8. The Hall–Kier alpha value is -3.39. The fourth-order valence-electron chi connectivity index (χ4n) is 2.56. The number of aryl methyl sites for hydroxylation is 1. The average molecular weight is 395 g/mol. The van der Waals surface area contributed by atoms with E-state index in [9.17, 15) is 4.79 Å². The number of amides is 2. The van der Waals surface area contributed by atoms with Crippen LogP contribution >= 0.6 is 0 Å². The number of hydrogen-bond donors (Lipinski definition) is 1. The topological polar surface area (TPSA) is 81.5 Å². The van der Waals surface area contributed by atoms with E-state index in [2.05, 4.69) is 15.4 Å². The van der Waals surface area contributed by atoms with Crippen molar-refractivity contribution < 1.29 is 14.3 Å². The maximum absolute atomic E-state index is 11.8. The Morgan fingerprint density at radius 2 is 1.76 bits per heavy atom. The molecule has 0 fully saturated rings. The highest BCUT2D eigenvalue weighted by molar-refractivity contribution is 5.89. The van der Waals surface area contributed by atoms with Crippen molar-refractivity contribution in [3.05, 3.63) is 54.1 Å². The van der Waals surface area contributed by atoms with Crippen molar-refractivity contribution in [1.29, 1.82) is 0 Å². The first-order valence-electron chi connectivity index (χ1n) is 9.22. The monoisotopic (exact) mass is 395 g/mol. The van der Waals surface area contributed by atoms with E-state index < -0.39 is 0 Å². The SMILES string of the molecule is COCCOc1nc(-c2ccc(C)cc2)n(-c2ccc(NC(=O)N(C)C)cc2)n1. The fourth-order valence-corrected chi connectivity index (χ4v) is 2.56. The molecular weight excluding hydrogens is 370 g/mol. The molecule has 29 heavy (non-hydrogen) atoms. The number of nitrogens with zero attached hydrogens (tertiary/aromatic N) is 4. The minimum atomic E-state index is -0.187. The summed E-state index contributed by atoms with van der Waals surface area (Å²) < 4.78 is 12.4. The second-order valence-corrected chi connectivity index (χ2v) is 6.71. The molecule has 2 amide bonds. The summed E-state index contributed by atoms with van der Waals surface area (Å²) in [5.74, 6) is 0.669. The molecular formula is C21H25N5O3. The van der Waals surface area contributed by atoms with E-state index in [1.54, 1.807) is 25.9 Å². The molecule has 0 saturated carbocycles. The van der Waals surface area contributed by atoms with Crippen molar-refractivity contribution in [3.63, 3.8) is 0 Å². The zero-order valence-electron chi connectivity index (χ0n) is 17.0. The third-order valence-electron chi connectivity index (χ3n) is 4.19. The molecule has 0 aliphatic heterocycles. The van der Waals surface area contributed by atoms with Gasteiger partial charge in [-0.15, -0.1) is 5.10 Å². The van der Waals surface area contributed by atoms with Crippen LogP contribution in [0.3, 0.4) is 0 Å². The summed E-state index contributed by atoms with van der Waals surface area (Å²) in [6.45, 7) is 2.85. The minimum absolute atomic E-state index is 0.187. The molecule has 8 heteroatoms. The number of aromatic nitrogens is 3. The molecule has 0 unspecified atom stereocenters. The third kappa shape index (κ3) is 5.11. The molecule has 3 aromatic rings. The Labute approximate surface area is 170 Å². The van der Waals surface area contributed by atoms with Crippen molar-refractivity contribution in [1.82, 2.24) is 19.7 Å². The van der Waals surface area contributed by atoms with Gasteiger partial charge in [0.1, 0.15) is 6.61 Å². The lowest BCUT2D eigenvalue weighted by molar-refractivity contribution is 0.141. The number of urea groups is 1. The van der Waals surface area contributed by atoms with Gasteiger partial charge in [0.05, 0.1) is 12.3 Å². The van der Waals surface area contributed by atoms with Gasteiger partial charge in [-0.05, 0) is 31.2 Å². The smallest absolute Gasteiger partial charge is 0.336 e. The van der Waals surface area contributed by atoms with Gasteiger partial charge in [-0.25, -0.2) is 9.48 Å². The molecule has 1 heterocycles. The summed E-state index contributed by atoms with van der Waals surface area (Å²) in [6, 6.07) is 15.5. The number of methoxy groups -OCH3 is 1. The van der Waals surface area contributed by atoms with Gasteiger partial charge < -0.3 is 19.7 Å². The Morgan fingerprint density at radius 1 is 1.07 bits per heavy atom. The van der Waals surface area contributed by atoms with E-state index in [0.29, 0.717) is 24.7 Å².